The quantitative estimate of drug-likeness (QED) is 0.804. The molecule has 5 heteroatoms. The van der Waals surface area contributed by atoms with Crippen LogP contribution in [0.1, 0.15) is 24.2 Å². The van der Waals surface area contributed by atoms with Gasteiger partial charge in [0.25, 0.3) is 5.91 Å². The van der Waals surface area contributed by atoms with Gasteiger partial charge >= 0.3 is 0 Å². The van der Waals surface area contributed by atoms with Crippen LogP contribution in [0.2, 0.25) is 5.02 Å². The molecular formula is C14H22ClN3O. The van der Waals surface area contributed by atoms with Crippen molar-refractivity contribution in [2.75, 3.05) is 33.7 Å². The lowest BCUT2D eigenvalue weighted by atomic mass is 10.1. The standard InChI is InChI=1S/C14H22ClN3O/c1-11(2)10-18(8-7-17(3)4)14(19)12-9-16-6-5-13(12)15/h5-6,9,11H,7-8,10H2,1-4H3. The average Bonchev–Trinajstić information content (AvgIpc) is 2.33. The summed E-state index contributed by atoms with van der Waals surface area (Å²) in [5, 5.41) is 0.457. The van der Waals surface area contributed by atoms with Crippen LogP contribution < -0.4 is 0 Å². The molecule has 4 nitrogen and oxygen atoms in total. The Bertz CT molecular complexity index is 421. The van der Waals surface area contributed by atoms with Crippen molar-refractivity contribution < 1.29 is 4.79 Å². The zero-order valence-electron chi connectivity index (χ0n) is 12.1. The number of hydrogen-bond acceptors (Lipinski definition) is 3. The highest BCUT2D eigenvalue weighted by molar-refractivity contribution is 6.33. The maximum atomic E-state index is 12.5. The van der Waals surface area contributed by atoms with Crippen molar-refractivity contribution in [2.45, 2.75) is 13.8 Å². The van der Waals surface area contributed by atoms with Crippen LogP contribution in [0.15, 0.2) is 18.5 Å². The molecule has 19 heavy (non-hydrogen) atoms. The van der Waals surface area contributed by atoms with Crippen LogP contribution in [0.25, 0.3) is 0 Å². The summed E-state index contributed by atoms with van der Waals surface area (Å²) in [5.41, 5.74) is 0.476. The third-order valence-electron chi connectivity index (χ3n) is 2.69. The molecule has 0 bridgehead atoms. The molecule has 1 amide bonds. The van der Waals surface area contributed by atoms with Crippen LogP contribution in [0, 0.1) is 5.92 Å². The number of pyridine rings is 1. The topological polar surface area (TPSA) is 36.4 Å². The predicted octanol–water partition coefficient (Wildman–Crippen LogP) is 2.39. The lowest BCUT2D eigenvalue weighted by Gasteiger charge is -2.26. The Balaban J connectivity index is 2.84. The van der Waals surface area contributed by atoms with Crippen LogP contribution in [0.4, 0.5) is 0 Å². The summed E-state index contributed by atoms with van der Waals surface area (Å²) in [6, 6.07) is 1.65. The Labute approximate surface area is 120 Å². The van der Waals surface area contributed by atoms with Gasteiger partial charge in [0.15, 0.2) is 0 Å². The normalized spacial score (nSPS) is 11.1. The summed E-state index contributed by atoms with van der Waals surface area (Å²) >= 11 is 6.06. The summed E-state index contributed by atoms with van der Waals surface area (Å²) < 4.78 is 0. The zero-order valence-corrected chi connectivity index (χ0v) is 12.8. The Morgan fingerprint density at radius 3 is 2.58 bits per heavy atom. The van der Waals surface area contributed by atoms with E-state index >= 15 is 0 Å². The number of carbonyl (C=O) groups excluding carboxylic acids is 1. The van der Waals surface area contributed by atoms with E-state index in [-0.39, 0.29) is 5.91 Å². The Kier molecular flexibility index (Phi) is 6.25. The van der Waals surface area contributed by atoms with Crippen LogP contribution >= 0.6 is 11.6 Å². The number of halogens is 1. The van der Waals surface area contributed by atoms with E-state index in [0.29, 0.717) is 23.0 Å². The van der Waals surface area contributed by atoms with Gasteiger partial charge in [0.05, 0.1) is 10.6 Å². The monoisotopic (exact) mass is 283 g/mol. The molecule has 1 aromatic heterocycles. The largest absolute Gasteiger partial charge is 0.337 e. The molecule has 1 heterocycles. The number of rotatable bonds is 6. The second-order valence-electron chi connectivity index (χ2n) is 5.30. The number of likely N-dealkylation sites (N-methyl/N-ethyl adjacent to an activating group) is 1. The first-order chi connectivity index (χ1) is 8.91. The average molecular weight is 284 g/mol. The first kappa shape index (κ1) is 15.9. The highest BCUT2D eigenvalue weighted by Gasteiger charge is 2.19. The summed E-state index contributed by atoms with van der Waals surface area (Å²) in [5.74, 6) is 0.371. The van der Waals surface area contributed by atoms with E-state index in [2.05, 4.69) is 23.7 Å². The van der Waals surface area contributed by atoms with Crippen molar-refractivity contribution >= 4 is 17.5 Å². The number of carbonyl (C=O) groups is 1. The fraction of sp³-hybridized carbons (Fsp3) is 0.571. The summed E-state index contributed by atoms with van der Waals surface area (Å²) in [7, 11) is 3.99. The van der Waals surface area contributed by atoms with Gasteiger partial charge in [-0.05, 0) is 26.1 Å². The molecule has 0 aromatic carbocycles. The number of nitrogens with zero attached hydrogens (tertiary/aromatic N) is 3. The van der Waals surface area contributed by atoms with Gasteiger partial charge < -0.3 is 9.80 Å². The highest BCUT2D eigenvalue weighted by Crippen LogP contribution is 2.16. The predicted molar refractivity (Wildman–Crippen MR) is 78.5 cm³/mol. The van der Waals surface area contributed by atoms with E-state index in [4.69, 9.17) is 11.6 Å². The number of hydrogen-bond donors (Lipinski definition) is 0. The molecule has 106 valence electrons. The molecular weight excluding hydrogens is 262 g/mol. The van der Waals surface area contributed by atoms with E-state index < -0.39 is 0 Å². The third kappa shape index (κ3) is 5.17. The smallest absolute Gasteiger partial charge is 0.256 e. The molecule has 0 saturated carbocycles. The van der Waals surface area contributed by atoms with Crippen molar-refractivity contribution in [3.8, 4) is 0 Å². The maximum absolute atomic E-state index is 12.5. The molecule has 0 fully saturated rings. The lowest BCUT2D eigenvalue weighted by molar-refractivity contribution is 0.0724. The van der Waals surface area contributed by atoms with E-state index in [1.807, 2.05) is 19.0 Å². The molecule has 0 atom stereocenters. The molecule has 0 saturated heterocycles. The van der Waals surface area contributed by atoms with Crippen molar-refractivity contribution in [1.29, 1.82) is 0 Å². The van der Waals surface area contributed by atoms with E-state index in [9.17, 15) is 4.79 Å². The van der Waals surface area contributed by atoms with Gasteiger partial charge in [-0.15, -0.1) is 0 Å². The molecule has 0 aliphatic carbocycles. The molecule has 0 N–H and O–H groups in total. The van der Waals surface area contributed by atoms with Gasteiger partial charge in [-0.2, -0.15) is 0 Å². The fourth-order valence-corrected chi connectivity index (χ4v) is 1.93. The lowest BCUT2D eigenvalue weighted by Crippen LogP contribution is -2.39. The van der Waals surface area contributed by atoms with Crippen LogP contribution in [-0.4, -0.2) is 54.4 Å². The van der Waals surface area contributed by atoms with Gasteiger partial charge in [0.2, 0.25) is 0 Å². The molecule has 0 radical (unpaired) electrons. The SMILES string of the molecule is CC(C)CN(CCN(C)C)C(=O)c1cnccc1Cl. The minimum atomic E-state index is -0.0475. The van der Waals surface area contributed by atoms with Crippen LogP contribution in [-0.2, 0) is 0 Å². The van der Waals surface area contributed by atoms with Gasteiger partial charge in [-0.25, -0.2) is 0 Å². The maximum Gasteiger partial charge on any atom is 0.256 e. The molecule has 1 aromatic rings. The fourth-order valence-electron chi connectivity index (χ4n) is 1.74. The highest BCUT2D eigenvalue weighted by atomic mass is 35.5. The zero-order chi connectivity index (χ0) is 14.4. The van der Waals surface area contributed by atoms with Crippen LogP contribution in [0.5, 0.6) is 0 Å². The van der Waals surface area contributed by atoms with E-state index in [1.54, 1.807) is 12.3 Å². The Morgan fingerprint density at radius 2 is 2.05 bits per heavy atom. The first-order valence-electron chi connectivity index (χ1n) is 6.45. The minimum Gasteiger partial charge on any atom is -0.337 e. The Morgan fingerprint density at radius 1 is 1.37 bits per heavy atom. The molecule has 0 aliphatic rings. The van der Waals surface area contributed by atoms with Crippen molar-refractivity contribution in [3.05, 3.63) is 29.0 Å². The molecule has 0 unspecified atom stereocenters. The van der Waals surface area contributed by atoms with E-state index in [0.717, 1.165) is 13.1 Å². The van der Waals surface area contributed by atoms with Crippen molar-refractivity contribution in [2.24, 2.45) is 5.92 Å². The van der Waals surface area contributed by atoms with Crippen molar-refractivity contribution in [1.82, 2.24) is 14.8 Å². The van der Waals surface area contributed by atoms with Gasteiger partial charge in [-0.1, -0.05) is 25.4 Å². The van der Waals surface area contributed by atoms with Gasteiger partial charge in [-0.3, -0.25) is 9.78 Å². The first-order valence-corrected chi connectivity index (χ1v) is 6.83. The Hall–Kier alpha value is -1.13. The van der Waals surface area contributed by atoms with Crippen molar-refractivity contribution in [3.63, 3.8) is 0 Å². The number of aromatic nitrogens is 1. The summed E-state index contributed by atoms with van der Waals surface area (Å²) in [6.45, 7) is 6.44. The third-order valence-corrected chi connectivity index (χ3v) is 3.02. The van der Waals surface area contributed by atoms with Gasteiger partial charge in [0, 0.05) is 32.0 Å². The van der Waals surface area contributed by atoms with Crippen LogP contribution in [0.3, 0.4) is 0 Å². The summed E-state index contributed by atoms with van der Waals surface area (Å²) in [6.07, 6.45) is 3.12. The minimum absolute atomic E-state index is 0.0475. The van der Waals surface area contributed by atoms with Gasteiger partial charge in [0.1, 0.15) is 0 Å². The van der Waals surface area contributed by atoms with E-state index in [1.165, 1.54) is 6.20 Å². The summed E-state index contributed by atoms with van der Waals surface area (Å²) in [4.78, 5) is 20.4. The second kappa shape index (κ2) is 7.46. The second-order valence-corrected chi connectivity index (χ2v) is 5.71. The molecule has 1 rings (SSSR count). The molecule has 0 spiro atoms. The number of amides is 1. The molecule has 0 aliphatic heterocycles.